The summed E-state index contributed by atoms with van der Waals surface area (Å²) in [6.45, 7) is 3.79. The first-order valence-corrected chi connectivity index (χ1v) is 10.1. The summed E-state index contributed by atoms with van der Waals surface area (Å²) in [6.07, 6.45) is 0. The molecule has 0 aliphatic heterocycles. The molecule has 6 heteroatoms. The van der Waals surface area contributed by atoms with E-state index in [2.05, 4.69) is 10.3 Å². The molecule has 0 saturated carbocycles. The normalized spacial score (nSPS) is 10.8. The molecule has 0 saturated heterocycles. The molecule has 6 nitrogen and oxygen atoms in total. The van der Waals surface area contributed by atoms with Gasteiger partial charge in [-0.1, -0.05) is 42.5 Å². The van der Waals surface area contributed by atoms with Crippen LogP contribution in [0.4, 0.5) is 17.2 Å². The largest absolute Gasteiger partial charge is 0.350 e. The second-order valence-electron chi connectivity index (χ2n) is 7.58. The van der Waals surface area contributed by atoms with Gasteiger partial charge in [-0.25, -0.2) is 4.79 Å². The Morgan fingerprint density at radius 2 is 1.71 bits per heavy atom. The Bertz CT molecular complexity index is 1310. The SMILES string of the molecule is Cc1ccc(C)c(NC(=O)Cn2c(=O)nc(N(C)c3ccccc3)c3ccccc32)c1. The monoisotopic (exact) mass is 412 g/mol. The van der Waals surface area contributed by atoms with Crippen LogP contribution < -0.4 is 15.9 Å². The van der Waals surface area contributed by atoms with Crippen LogP contribution in [0.25, 0.3) is 10.9 Å². The fourth-order valence-corrected chi connectivity index (χ4v) is 3.60. The van der Waals surface area contributed by atoms with E-state index in [0.29, 0.717) is 11.3 Å². The molecule has 0 radical (unpaired) electrons. The van der Waals surface area contributed by atoms with Crippen molar-refractivity contribution in [3.05, 3.63) is 94.4 Å². The molecule has 0 atom stereocenters. The van der Waals surface area contributed by atoms with Crippen molar-refractivity contribution in [2.75, 3.05) is 17.3 Å². The van der Waals surface area contributed by atoms with Gasteiger partial charge in [-0.15, -0.1) is 0 Å². The lowest BCUT2D eigenvalue weighted by atomic mass is 10.1. The second-order valence-corrected chi connectivity index (χ2v) is 7.58. The Hall–Kier alpha value is -3.93. The molecule has 0 aliphatic rings. The molecule has 1 heterocycles. The van der Waals surface area contributed by atoms with Crippen LogP contribution in [0, 0.1) is 13.8 Å². The standard InChI is InChI=1S/C25H24N4O2/c1-17-13-14-18(2)21(15-17)26-23(30)16-29-22-12-8-7-11-20(22)24(27-25(29)31)28(3)19-9-5-4-6-10-19/h4-15H,16H2,1-3H3,(H,26,30). The van der Waals surface area contributed by atoms with E-state index in [9.17, 15) is 9.59 Å². The summed E-state index contributed by atoms with van der Waals surface area (Å²) in [4.78, 5) is 31.9. The van der Waals surface area contributed by atoms with Crippen molar-refractivity contribution in [1.29, 1.82) is 0 Å². The van der Waals surface area contributed by atoms with Crippen LogP contribution in [0.15, 0.2) is 77.6 Å². The summed E-state index contributed by atoms with van der Waals surface area (Å²) in [6, 6.07) is 23.1. The average molecular weight is 412 g/mol. The lowest BCUT2D eigenvalue weighted by Crippen LogP contribution is -2.31. The van der Waals surface area contributed by atoms with Gasteiger partial charge in [0, 0.05) is 23.8 Å². The quantitative estimate of drug-likeness (QED) is 0.527. The predicted octanol–water partition coefficient (Wildman–Crippen LogP) is 4.42. The van der Waals surface area contributed by atoms with Crippen molar-refractivity contribution < 1.29 is 4.79 Å². The maximum atomic E-state index is 12.9. The molecule has 3 aromatic carbocycles. The third-order valence-corrected chi connectivity index (χ3v) is 5.30. The molecule has 0 unspecified atom stereocenters. The first-order valence-electron chi connectivity index (χ1n) is 10.1. The first-order chi connectivity index (χ1) is 14.9. The van der Waals surface area contributed by atoms with Crippen molar-refractivity contribution in [2.24, 2.45) is 0 Å². The van der Waals surface area contributed by atoms with Gasteiger partial charge in [0.15, 0.2) is 0 Å². The number of hydrogen-bond acceptors (Lipinski definition) is 4. The van der Waals surface area contributed by atoms with Gasteiger partial charge in [0.1, 0.15) is 12.4 Å². The summed E-state index contributed by atoms with van der Waals surface area (Å²) < 4.78 is 1.41. The van der Waals surface area contributed by atoms with Crippen molar-refractivity contribution in [3.8, 4) is 0 Å². The number of fused-ring (bicyclic) bond motifs is 1. The molecule has 0 fully saturated rings. The Kier molecular flexibility index (Phi) is 5.54. The number of aromatic nitrogens is 2. The zero-order chi connectivity index (χ0) is 22.0. The van der Waals surface area contributed by atoms with Crippen LogP contribution in [0.5, 0.6) is 0 Å². The minimum atomic E-state index is -0.465. The van der Waals surface area contributed by atoms with Gasteiger partial charge in [-0.05, 0) is 55.3 Å². The topological polar surface area (TPSA) is 67.2 Å². The van der Waals surface area contributed by atoms with Crippen LogP contribution in [0.3, 0.4) is 0 Å². The third-order valence-electron chi connectivity index (χ3n) is 5.30. The van der Waals surface area contributed by atoms with Gasteiger partial charge in [0.25, 0.3) is 0 Å². The number of amides is 1. The van der Waals surface area contributed by atoms with Crippen LogP contribution in [-0.2, 0) is 11.3 Å². The summed E-state index contributed by atoms with van der Waals surface area (Å²) in [5.74, 6) is 0.282. The van der Waals surface area contributed by atoms with E-state index in [-0.39, 0.29) is 12.5 Å². The minimum Gasteiger partial charge on any atom is -0.329 e. The van der Waals surface area contributed by atoms with Crippen LogP contribution >= 0.6 is 0 Å². The highest BCUT2D eigenvalue weighted by Gasteiger charge is 2.16. The van der Waals surface area contributed by atoms with Gasteiger partial charge < -0.3 is 10.2 Å². The van der Waals surface area contributed by atoms with E-state index in [1.54, 1.807) is 0 Å². The summed E-state index contributed by atoms with van der Waals surface area (Å²) in [5.41, 5.74) is 3.89. The number of carbonyl (C=O) groups is 1. The average Bonchev–Trinajstić information content (AvgIpc) is 2.78. The van der Waals surface area contributed by atoms with E-state index in [4.69, 9.17) is 0 Å². The molecular weight excluding hydrogens is 388 g/mol. The van der Waals surface area contributed by atoms with Crippen LogP contribution in [0.1, 0.15) is 11.1 Å². The second kappa shape index (κ2) is 8.44. The predicted molar refractivity (Wildman–Crippen MR) is 125 cm³/mol. The number of anilines is 3. The van der Waals surface area contributed by atoms with E-state index in [1.807, 2.05) is 98.6 Å². The number of rotatable bonds is 5. The van der Waals surface area contributed by atoms with Gasteiger partial charge in [0.05, 0.1) is 5.52 Å². The molecular formula is C25H24N4O2. The maximum absolute atomic E-state index is 12.9. The number of para-hydroxylation sites is 2. The first kappa shape index (κ1) is 20.3. The molecule has 31 heavy (non-hydrogen) atoms. The Labute approximate surface area is 180 Å². The van der Waals surface area contributed by atoms with E-state index < -0.39 is 5.69 Å². The van der Waals surface area contributed by atoms with Crippen molar-refractivity contribution in [3.63, 3.8) is 0 Å². The molecule has 4 aromatic rings. The molecule has 1 aromatic heterocycles. The molecule has 0 bridgehead atoms. The maximum Gasteiger partial charge on any atom is 0.350 e. The third kappa shape index (κ3) is 4.19. The number of nitrogens with zero attached hydrogens (tertiary/aromatic N) is 3. The van der Waals surface area contributed by atoms with Crippen LogP contribution in [0.2, 0.25) is 0 Å². The fraction of sp³-hybridized carbons (Fsp3) is 0.160. The van der Waals surface area contributed by atoms with Crippen molar-refractivity contribution >= 4 is 34.0 Å². The number of hydrogen-bond donors (Lipinski definition) is 1. The van der Waals surface area contributed by atoms with Gasteiger partial charge in [-0.2, -0.15) is 4.98 Å². The zero-order valence-electron chi connectivity index (χ0n) is 17.8. The molecule has 4 rings (SSSR count). The molecule has 1 amide bonds. The molecule has 0 spiro atoms. The molecule has 156 valence electrons. The highest BCUT2D eigenvalue weighted by molar-refractivity contribution is 5.95. The summed E-state index contributed by atoms with van der Waals surface area (Å²) in [5, 5.41) is 3.72. The van der Waals surface area contributed by atoms with E-state index in [0.717, 1.165) is 27.9 Å². The van der Waals surface area contributed by atoms with Crippen molar-refractivity contribution in [1.82, 2.24) is 9.55 Å². The fourth-order valence-electron chi connectivity index (χ4n) is 3.60. The number of nitrogens with one attached hydrogen (secondary N) is 1. The Morgan fingerprint density at radius 1 is 1.00 bits per heavy atom. The lowest BCUT2D eigenvalue weighted by Gasteiger charge is -2.21. The zero-order valence-corrected chi connectivity index (χ0v) is 17.8. The number of benzene rings is 3. The molecule has 1 N–H and O–H groups in total. The smallest absolute Gasteiger partial charge is 0.329 e. The molecule has 0 aliphatic carbocycles. The number of carbonyl (C=O) groups excluding carboxylic acids is 1. The van der Waals surface area contributed by atoms with Crippen molar-refractivity contribution in [2.45, 2.75) is 20.4 Å². The van der Waals surface area contributed by atoms with Crippen LogP contribution in [-0.4, -0.2) is 22.5 Å². The Morgan fingerprint density at radius 3 is 2.48 bits per heavy atom. The van der Waals surface area contributed by atoms with Gasteiger partial charge in [-0.3, -0.25) is 9.36 Å². The highest BCUT2D eigenvalue weighted by Crippen LogP contribution is 2.27. The summed E-state index contributed by atoms with van der Waals surface area (Å²) in [7, 11) is 1.88. The minimum absolute atomic E-state index is 0.116. The van der Waals surface area contributed by atoms with Gasteiger partial charge >= 0.3 is 5.69 Å². The van der Waals surface area contributed by atoms with Gasteiger partial charge in [0.2, 0.25) is 5.91 Å². The highest BCUT2D eigenvalue weighted by atomic mass is 16.2. The van der Waals surface area contributed by atoms with E-state index in [1.165, 1.54) is 4.57 Å². The Balaban J connectivity index is 1.71. The van der Waals surface area contributed by atoms with E-state index >= 15 is 0 Å². The number of aryl methyl sites for hydroxylation is 2. The lowest BCUT2D eigenvalue weighted by molar-refractivity contribution is -0.116. The summed E-state index contributed by atoms with van der Waals surface area (Å²) >= 11 is 0.